The molecular formula is C30H44O3. The van der Waals surface area contributed by atoms with E-state index < -0.39 is 11.5 Å². The molecule has 0 spiro atoms. The second kappa shape index (κ2) is 9.50. The Bertz CT molecular complexity index is 928. The Balaban J connectivity index is 1.90. The number of fused-ring (bicyclic) bond motifs is 3. The molecular weight excluding hydrogens is 408 g/mol. The van der Waals surface area contributed by atoms with Gasteiger partial charge in [-0.25, -0.2) is 0 Å². The van der Waals surface area contributed by atoms with Crippen molar-refractivity contribution < 1.29 is 15.0 Å². The van der Waals surface area contributed by atoms with Crippen molar-refractivity contribution in [3.05, 3.63) is 58.7 Å². The maximum absolute atomic E-state index is 13.4. The molecule has 3 aliphatic carbocycles. The molecule has 0 aromatic carbocycles. The van der Waals surface area contributed by atoms with E-state index in [4.69, 9.17) is 0 Å². The minimum Gasteiger partial charge on any atom is -0.396 e. The molecule has 182 valence electrons. The monoisotopic (exact) mass is 452 g/mol. The third-order valence-corrected chi connectivity index (χ3v) is 9.30. The fourth-order valence-electron chi connectivity index (χ4n) is 7.48. The van der Waals surface area contributed by atoms with E-state index in [1.807, 2.05) is 6.92 Å². The fourth-order valence-corrected chi connectivity index (χ4v) is 7.48. The Hall–Kier alpha value is -1.71. The lowest BCUT2D eigenvalue weighted by Crippen LogP contribution is -2.59. The molecule has 0 radical (unpaired) electrons. The van der Waals surface area contributed by atoms with Crippen LogP contribution in [0.15, 0.2) is 58.7 Å². The maximum Gasteiger partial charge on any atom is 0.160 e. The SMILES string of the molecule is CC(C)=C/C=C/C(C)=C/C=C/C(C)=C1\C(=O)C[C@H]2[C@@]3(C)CC[C@@H](O)[C@](C)(CO)[C@@H]3CC[C@]12C. The first kappa shape index (κ1) is 25.9. The van der Waals surface area contributed by atoms with Gasteiger partial charge in [0.05, 0.1) is 12.7 Å². The number of allylic oxidation sites excluding steroid dienone is 10. The van der Waals surface area contributed by atoms with Crippen LogP contribution in [0, 0.1) is 28.1 Å². The zero-order chi connectivity index (χ0) is 24.6. The van der Waals surface area contributed by atoms with E-state index in [0.717, 1.165) is 30.4 Å². The number of aliphatic hydroxyl groups is 2. The zero-order valence-electron chi connectivity index (χ0n) is 21.7. The highest BCUT2D eigenvalue weighted by Crippen LogP contribution is 2.69. The molecule has 2 N–H and O–H groups in total. The summed E-state index contributed by atoms with van der Waals surface area (Å²) in [5.41, 5.74) is 3.85. The largest absolute Gasteiger partial charge is 0.396 e. The molecule has 0 heterocycles. The molecule has 0 aliphatic heterocycles. The van der Waals surface area contributed by atoms with Crippen molar-refractivity contribution in [2.45, 2.75) is 86.7 Å². The van der Waals surface area contributed by atoms with Gasteiger partial charge in [-0.05, 0) is 76.2 Å². The molecule has 0 unspecified atom stereocenters. The number of hydrogen-bond acceptors (Lipinski definition) is 3. The number of Topliss-reactive ketones (excluding diaryl/α,β-unsaturated/α-hetero) is 1. The van der Waals surface area contributed by atoms with E-state index in [-0.39, 0.29) is 35.1 Å². The molecule has 3 aliphatic rings. The summed E-state index contributed by atoms with van der Waals surface area (Å²) >= 11 is 0. The van der Waals surface area contributed by atoms with Gasteiger partial charge in [-0.1, -0.05) is 68.4 Å². The van der Waals surface area contributed by atoms with E-state index in [0.29, 0.717) is 12.8 Å². The lowest BCUT2D eigenvalue weighted by atomic mass is 9.43. The van der Waals surface area contributed by atoms with Gasteiger partial charge in [0.2, 0.25) is 0 Å². The molecule has 0 aromatic heterocycles. The van der Waals surface area contributed by atoms with Crippen molar-refractivity contribution in [2.75, 3.05) is 6.61 Å². The Kier molecular flexibility index (Phi) is 7.46. The molecule has 3 rings (SSSR count). The first-order chi connectivity index (χ1) is 15.4. The molecule has 0 aromatic rings. The predicted octanol–water partition coefficient (Wildman–Crippen LogP) is 6.49. The molecule has 33 heavy (non-hydrogen) atoms. The minimum absolute atomic E-state index is 0.00398. The van der Waals surface area contributed by atoms with E-state index >= 15 is 0 Å². The highest BCUT2D eigenvalue weighted by atomic mass is 16.3. The maximum atomic E-state index is 13.4. The first-order valence-electron chi connectivity index (χ1n) is 12.6. The third kappa shape index (κ3) is 4.51. The lowest BCUT2D eigenvalue weighted by molar-refractivity contribution is -0.178. The number of carbonyl (C=O) groups is 1. The van der Waals surface area contributed by atoms with Crippen LogP contribution in [0.5, 0.6) is 0 Å². The Morgan fingerprint density at radius 1 is 0.970 bits per heavy atom. The van der Waals surface area contributed by atoms with Crippen LogP contribution >= 0.6 is 0 Å². The minimum atomic E-state index is -0.486. The van der Waals surface area contributed by atoms with Crippen LogP contribution in [0.25, 0.3) is 0 Å². The quantitative estimate of drug-likeness (QED) is 0.370. The van der Waals surface area contributed by atoms with Crippen molar-refractivity contribution in [1.82, 2.24) is 0 Å². The normalized spacial score (nSPS) is 40.8. The zero-order valence-corrected chi connectivity index (χ0v) is 21.7. The van der Waals surface area contributed by atoms with Crippen molar-refractivity contribution in [1.29, 1.82) is 0 Å². The van der Waals surface area contributed by atoms with Gasteiger partial charge >= 0.3 is 0 Å². The van der Waals surface area contributed by atoms with Crippen molar-refractivity contribution in [3.8, 4) is 0 Å². The first-order valence-corrected chi connectivity index (χ1v) is 12.6. The van der Waals surface area contributed by atoms with Gasteiger partial charge in [0.25, 0.3) is 0 Å². The third-order valence-electron chi connectivity index (χ3n) is 9.30. The number of aliphatic hydroxyl groups excluding tert-OH is 2. The Morgan fingerprint density at radius 2 is 1.64 bits per heavy atom. The molecule has 3 saturated carbocycles. The average molecular weight is 453 g/mol. The van der Waals surface area contributed by atoms with Crippen molar-refractivity contribution >= 4 is 5.78 Å². The molecule has 3 fully saturated rings. The topological polar surface area (TPSA) is 57.5 Å². The van der Waals surface area contributed by atoms with Gasteiger partial charge in [0.1, 0.15) is 0 Å². The summed E-state index contributed by atoms with van der Waals surface area (Å²) in [6.45, 7) is 15.0. The van der Waals surface area contributed by atoms with Crippen LogP contribution in [-0.2, 0) is 4.79 Å². The molecule has 0 saturated heterocycles. The van der Waals surface area contributed by atoms with Crippen LogP contribution in [0.2, 0.25) is 0 Å². The second-order valence-corrected chi connectivity index (χ2v) is 11.8. The van der Waals surface area contributed by atoms with Crippen LogP contribution < -0.4 is 0 Å². The van der Waals surface area contributed by atoms with Crippen molar-refractivity contribution in [3.63, 3.8) is 0 Å². The van der Waals surface area contributed by atoms with Crippen LogP contribution in [0.1, 0.15) is 80.6 Å². The van der Waals surface area contributed by atoms with Gasteiger partial charge in [0.15, 0.2) is 5.78 Å². The summed E-state index contributed by atoms with van der Waals surface area (Å²) < 4.78 is 0. The number of hydrogen-bond donors (Lipinski definition) is 2. The van der Waals surface area contributed by atoms with Crippen LogP contribution in [-0.4, -0.2) is 28.7 Å². The van der Waals surface area contributed by atoms with Gasteiger partial charge in [-0.2, -0.15) is 0 Å². The van der Waals surface area contributed by atoms with E-state index in [9.17, 15) is 15.0 Å². The second-order valence-electron chi connectivity index (χ2n) is 11.8. The van der Waals surface area contributed by atoms with Gasteiger partial charge in [0, 0.05) is 22.8 Å². The number of carbonyl (C=O) groups excluding carboxylic acids is 1. The fraction of sp³-hybridized carbons (Fsp3) is 0.633. The Morgan fingerprint density at radius 3 is 2.27 bits per heavy atom. The smallest absolute Gasteiger partial charge is 0.160 e. The number of ketones is 1. The molecule has 3 nitrogen and oxygen atoms in total. The van der Waals surface area contributed by atoms with Crippen molar-refractivity contribution in [2.24, 2.45) is 28.1 Å². The molecule has 0 bridgehead atoms. The van der Waals surface area contributed by atoms with Gasteiger partial charge < -0.3 is 10.2 Å². The average Bonchev–Trinajstić information content (AvgIpc) is 3.02. The predicted molar refractivity (Wildman–Crippen MR) is 137 cm³/mol. The van der Waals surface area contributed by atoms with Crippen LogP contribution in [0.4, 0.5) is 0 Å². The highest BCUT2D eigenvalue weighted by Gasteiger charge is 2.65. The summed E-state index contributed by atoms with van der Waals surface area (Å²) in [5.74, 6) is 0.780. The summed E-state index contributed by atoms with van der Waals surface area (Å²) in [6, 6.07) is 0. The van der Waals surface area contributed by atoms with Gasteiger partial charge in [-0.3, -0.25) is 4.79 Å². The highest BCUT2D eigenvalue weighted by molar-refractivity contribution is 6.00. The molecule has 3 heteroatoms. The van der Waals surface area contributed by atoms with E-state index in [1.165, 1.54) is 11.1 Å². The standard InChI is InChI=1S/C30H44O3/c1-20(2)10-8-11-21(3)12-9-13-22(4)27-23(32)18-25-28(5)17-15-26(33)30(7,19-31)24(28)14-16-29(25,27)6/h8-13,24-26,31,33H,14-19H2,1-7H3/b11-8+,13-9+,21-12+,27-22+/t24-,25+,26-,28+,29+,30-/m1/s1. The van der Waals surface area contributed by atoms with E-state index in [1.54, 1.807) is 0 Å². The number of rotatable bonds is 5. The molecule has 0 amide bonds. The summed E-state index contributed by atoms with van der Waals surface area (Å²) in [7, 11) is 0. The Labute approximate surface area is 201 Å². The summed E-state index contributed by atoms with van der Waals surface area (Å²) in [4.78, 5) is 13.4. The summed E-state index contributed by atoms with van der Waals surface area (Å²) in [6.07, 6.45) is 16.1. The van der Waals surface area contributed by atoms with E-state index in [2.05, 4.69) is 78.0 Å². The lowest BCUT2D eigenvalue weighted by Gasteiger charge is -2.62. The summed E-state index contributed by atoms with van der Waals surface area (Å²) in [5, 5.41) is 21.0. The molecule has 6 atom stereocenters. The van der Waals surface area contributed by atoms with Gasteiger partial charge in [-0.15, -0.1) is 0 Å². The van der Waals surface area contributed by atoms with Crippen LogP contribution in [0.3, 0.4) is 0 Å².